The van der Waals surface area contributed by atoms with Crippen LogP contribution < -0.4 is 10.6 Å². The molecule has 1 heterocycles. The van der Waals surface area contributed by atoms with Gasteiger partial charge in [-0.3, -0.25) is 9.59 Å². The first-order valence-corrected chi connectivity index (χ1v) is 9.40. The highest BCUT2D eigenvalue weighted by Crippen LogP contribution is 2.38. The van der Waals surface area contributed by atoms with Gasteiger partial charge in [-0.05, 0) is 55.7 Å². The van der Waals surface area contributed by atoms with Gasteiger partial charge in [0.2, 0.25) is 5.91 Å². The summed E-state index contributed by atoms with van der Waals surface area (Å²) in [6.45, 7) is 4.74. The van der Waals surface area contributed by atoms with E-state index in [0.717, 1.165) is 12.8 Å². The van der Waals surface area contributed by atoms with Crippen LogP contribution in [-0.4, -0.2) is 23.6 Å². The molecule has 1 aliphatic heterocycles. The summed E-state index contributed by atoms with van der Waals surface area (Å²) in [5.74, 6) is -0.0843. The molecule has 0 aliphatic carbocycles. The second-order valence-corrected chi connectivity index (χ2v) is 7.49. The fourth-order valence-electron chi connectivity index (χ4n) is 2.75. The Hall–Kier alpha value is -2.27. The molecular formula is C20H22N2O2S. The van der Waals surface area contributed by atoms with Crippen LogP contribution in [0.5, 0.6) is 0 Å². The summed E-state index contributed by atoms with van der Waals surface area (Å²) in [7, 11) is 0. The first-order valence-electron chi connectivity index (χ1n) is 8.52. The van der Waals surface area contributed by atoms with E-state index < -0.39 is 0 Å². The number of fused-ring (bicyclic) bond motifs is 1. The molecule has 130 valence electrons. The molecule has 2 aromatic carbocycles. The fraction of sp³-hybridized carbons (Fsp3) is 0.300. The number of nitrogens with one attached hydrogen (secondary N) is 2. The van der Waals surface area contributed by atoms with Crippen LogP contribution in [0.4, 0.5) is 5.69 Å². The Balaban J connectivity index is 1.59. The number of amides is 2. The molecule has 0 saturated carbocycles. The average molecular weight is 354 g/mol. The highest BCUT2D eigenvalue weighted by atomic mass is 32.2. The number of thioether (sulfide) groups is 1. The molecule has 0 spiro atoms. The highest BCUT2D eigenvalue weighted by molar-refractivity contribution is 8.01. The predicted molar refractivity (Wildman–Crippen MR) is 102 cm³/mol. The maximum Gasteiger partial charge on any atom is 0.251 e. The van der Waals surface area contributed by atoms with Crippen LogP contribution in [-0.2, 0) is 11.2 Å². The van der Waals surface area contributed by atoms with Crippen molar-refractivity contribution in [3.63, 3.8) is 0 Å². The van der Waals surface area contributed by atoms with E-state index in [1.165, 1.54) is 16.0 Å². The lowest BCUT2D eigenvalue weighted by atomic mass is 10.1. The Morgan fingerprint density at radius 1 is 1.16 bits per heavy atom. The number of hydrogen-bond donors (Lipinski definition) is 2. The van der Waals surface area contributed by atoms with Crippen molar-refractivity contribution in [1.82, 2.24) is 5.32 Å². The van der Waals surface area contributed by atoms with Gasteiger partial charge < -0.3 is 10.6 Å². The van der Waals surface area contributed by atoms with Crippen LogP contribution in [0.1, 0.15) is 34.8 Å². The summed E-state index contributed by atoms with van der Waals surface area (Å²) in [6, 6.07) is 13.3. The van der Waals surface area contributed by atoms with Crippen LogP contribution in [0.3, 0.4) is 0 Å². The van der Waals surface area contributed by atoms with Crippen molar-refractivity contribution in [2.24, 2.45) is 0 Å². The number of carbonyl (C=O) groups is 2. The van der Waals surface area contributed by atoms with E-state index in [0.29, 0.717) is 17.8 Å². The van der Waals surface area contributed by atoms with Gasteiger partial charge in [0.05, 0.1) is 5.25 Å². The van der Waals surface area contributed by atoms with Crippen molar-refractivity contribution in [2.45, 2.75) is 36.8 Å². The maximum atomic E-state index is 12.5. The van der Waals surface area contributed by atoms with E-state index in [9.17, 15) is 9.59 Å². The molecule has 0 fully saturated rings. The van der Waals surface area contributed by atoms with Crippen LogP contribution in [0.25, 0.3) is 0 Å². The Morgan fingerprint density at radius 2 is 1.92 bits per heavy atom. The zero-order valence-corrected chi connectivity index (χ0v) is 15.3. The molecule has 0 bridgehead atoms. The molecule has 3 rings (SSSR count). The molecule has 1 atom stereocenters. The molecule has 2 N–H and O–H groups in total. The van der Waals surface area contributed by atoms with Gasteiger partial charge >= 0.3 is 0 Å². The van der Waals surface area contributed by atoms with Crippen LogP contribution >= 0.6 is 11.8 Å². The quantitative estimate of drug-likeness (QED) is 0.859. The largest absolute Gasteiger partial charge is 0.352 e. The lowest BCUT2D eigenvalue weighted by Gasteiger charge is -2.10. The molecule has 0 radical (unpaired) electrons. The van der Waals surface area contributed by atoms with E-state index in [2.05, 4.69) is 35.8 Å². The van der Waals surface area contributed by atoms with Crippen LogP contribution in [0, 0.1) is 6.92 Å². The van der Waals surface area contributed by atoms with Gasteiger partial charge in [0, 0.05) is 22.7 Å². The fourth-order valence-corrected chi connectivity index (χ4v) is 4.04. The summed E-state index contributed by atoms with van der Waals surface area (Å²) >= 11 is 1.62. The number of benzene rings is 2. The van der Waals surface area contributed by atoms with Crippen molar-refractivity contribution in [3.05, 3.63) is 59.2 Å². The first-order chi connectivity index (χ1) is 12.1. The minimum absolute atomic E-state index is 0.00189. The van der Waals surface area contributed by atoms with E-state index in [1.54, 1.807) is 36.0 Å². The van der Waals surface area contributed by atoms with Crippen LogP contribution in [0.15, 0.2) is 47.4 Å². The van der Waals surface area contributed by atoms with Crippen LogP contribution in [0.2, 0.25) is 0 Å². The van der Waals surface area contributed by atoms with Gasteiger partial charge in [0.1, 0.15) is 0 Å². The van der Waals surface area contributed by atoms with Crippen molar-refractivity contribution in [1.29, 1.82) is 0 Å². The van der Waals surface area contributed by atoms with Gasteiger partial charge in [0.25, 0.3) is 5.91 Å². The summed E-state index contributed by atoms with van der Waals surface area (Å²) < 4.78 is 0. The van der Waals surface area contributed by atoms with Crippen molar-refractivity contribution >= 4 is 29.3 Å². The molecule has 1 unspecified atom stereocenters. The maximum absolute atomic E-state index is 12.5. The topological polar surface area (TPSA) is 58.2 Å². The number of aryl methyl sites for hydroxylation is 1. The molecule has 2 amide bonds. The van der Waals surface area contributed by atoms with Gasteiger partial charge in [-0.1, -0.05) is 24.6 Å². The van der Waals surface area contributed by atoms with E-state index in [4.69, 9.17) is 0 Å². The van der Waals surface area contributed by atoms with Gasteiger partial charge in [-0.2, -0.15) is 0 Å². The second kappa shape index (κ2) is 7.74. The summed E-state index contributed by atoms with van der Waals surface area (Å²) in [5.41, 5.74) is 3.76. The van der Waals surface area contributed by atoms with Crippen molar-refractivity contribution < 1.29 is 9.59 Å². The number of rotatable bonds is 5. The smallest absolute Gasteiger partial charge is 0.251 e. The minimum Gasteiger partial charge on any atom is -0.352 e. The normalized spacial score (nSPS) is 15.5. The summed E-state index contributed by atoms with van der Waals surface area (Å²) in [4.78, 5) is 25.6. The Morgan fingerprint density at radius 3 is 2.64 bits per heavy atom. The van der Waals surface area contributed by atoms with Gasteiger partial charge in [-0.25, -0.2) is 0 Å². The van der Waals surface area contributed by atoms with E-state index >= 15 is 0 Å². The van der Waals surface area contributed by atoms with Crippen molar-refractivity contribution in [3.8, 4) is 0 Å². The van der Waals surface area contributed by atoms with Gasteiger partial charge in [0.15, 0.2) is 0 Å². The number of anilines is 1. The van der Waals surface area contributed by atoms with E-state index in [-0.39, 0.29) is 17.1 Å². The third-order valence-corrected chi connectivity index (χ3v) is 5.44. The molecule has 1 aliphatic rings. The Labute approximate surface area is 152 Å². The molecule has 2 aromatic rings. The molecular weight excluding hydrogens is 332 g/mol. The Kier molecular flexibility index (Phi) is 5.43. The lowest BCUT2D eigenvalue weighted by molar-refractivity contribution is -0.115. The molecule has 5 heteroatoms. The average Bonchev–Trinajstić information content (AvgIpc) is 3.03. The standard InChI is InChI=1S/C20H22N2O2S/c1-3-10-21-19(23)14-6-8-16(9-7-14)22-20(24)18-12-15-5-4-13(2)11-17(15)25-18/h4-9,11,18H,3,10,12H2,1-2H3,(H,21,23)(H,22,24). The lowest BCUT2D eigenvalue weighted by Crippen LogP contribution is -2.25. The number of hydrogen-bond acceptors (Lipinski definition) is 3. The zero-order chi connectivity index (χ0) is 17.8. The zero-order valence-electron chi connectivity index (χ0n) is 14.5. The second-order valence-electron chi connectivity index (χ2n) is 6.24. The first kappa shape index (κ1) is 17.5. The monoisotopic (exact) mass is 354 g/mol. The molecule has 0 saturated heterocycles. The Bertz CT molecular complexity index is 787. The van der Waals surface area contributed by atoms with E-state index in [1.807, 2.05) is 6.92 Å². The highest BCUT2D eigenvalue weighted by Gasteiger charge is 2.28. The third kappa shape index (κ3) is 4.23. The third-order valence-electron chi connectivity index (χ3n) is 4.14. The summed E-state index contributed by atoms with van der Waals surface area (Å²) in [6.07, 6.45) is 1.66. The molecule has 25 heavy (non-hydrogen) atoms. The minimum atomic E-state index is -0.107. The SMILES string of the molecule is CCCNC(=O)c1ccc(NC(=O)C2Cc3ccc(C)cc3S2)cc1. The number of carbonyl (C=O) groups excluding carboxylic acids is 2. The van der Waals surface area contributed by atoms with Crippen molar-refractivity contribution in [2.75, 3.05) is 11.9 Å². The predicted octanol–water partition coefficient (Wildman–Crippen LogP) is 3.79. The summed E-state index contributed by atoms with van der Waals surface area (Å²) in [5, 5.41) is 5.68. The molecule has 0 aromatic heterocycles. The van der Waals surface area contributed by atoms with Gasteiger partial charge in [-0.15, -0.1) is 11.8 Å². The molecule has 4 nitrogen and oxygen atoms in total.